The molecule has 0 radical (unpaired) electrons. The number of nitriles is 1. The minimum Gasteiger partial charge on any atom is -0.410 e. The molecule has 5 nitrogen and oxygen atoms in total. The highest BCUT2D eigenvalue weighted by atomic mass is 16.6. The summed E-state index contributed by atoms with van der Waals surface area (Å²) in [7, 11) is 0. The molecule has 1 aliphatic rings. The molecule has 1 saturated heterocycles. The topological polar surface area (TPSA) is 65.4 Å². The monoisotopic (exact) mass is 231 g/mol. The van der Waals surface area contributed by atoms with E-state index in [9.17, 15) is 4.79 Å². The molecule has 1 fully saturated rings. The number of piperazine rings is 1. The van der Waals surface area contributed by atoms with Gasteiger partial charge in [-0.15, -0.1) is 0 Å². The molecule has 1 atom stereocenters. The molecule has 0 bridgehead atoms. The third kappa shape index (κ3) is 2.74. The number of ether oxygens (including phenoxy) is 1. The first kappa shape index (κ1) is 11.4. The number of nitrogens with zero attached hydrogens (tertiary/aromatic N) is 2. The molecule has 1 N–H and O–H groups in total. The fourth-order valence-electron chi connectivity index (χ4n) is 1.69. The first-order valence-electron chi connectivity index (χ1n) is 5.45. The molecule has 1 aromatic carbocycles. The normalized spacial score (nSPS) is 19.5. The molecule has 17 heavy (non-hydrogen) atoms. The maximum Gasteiger partial charge on any atom is 0.416 e. The van der Waals surface area contributed by atoms with E-state index in [1.807, 2.05) is 6.07 Å². The number of carbonyl (C=O) groups excluding carboxylic acids is 1. The number of hydrogen-bond donors (Lipinski definition) is 1. The maximum atomic E-state index is 11.9. The zero-order chi connectivity index (χ0) is 12.1. The van der Waals surface area contributed by atoms with Crippen LogP contribution in [0.1, 0.15) is 0 Å². The predicted octanol–water partition coefficient (Wildman–Crippen LogP) is 0.983. The molecule has 88 valence electrons. The molecule has 1 heterocycles. The minimum atomic E-state index is -0.468. The fourth-order valence-corrected chi connectivity index (χ4v) is 1.69. The number of amides is 1. The molecule has 0 aliphatic carbocycles. The van der Waals surface area contributed by atoms with Gasteiger partial charge in [0.25, 0.3) is 0 Å². The molecule has 1 aromatic rings. The van der Waals surface area contributed by atoms with Crippen LogP contribution >= 0.6 is 0 Å². The Kier molecular flexibility index (Phi) is 3.58. The van der Waals surface area contributed by atoms with Gasteiger partial charge in [-0.1, -0.05) is 18.2 Å². The summed E-state index contributed by atoms with van der Waals surface area (Å²) in [6.07, 6.45) is -0.468. The fraction of sp³-hybridized carbons (Fsp3) is 0.333. The standard InChI is InChI=1S/C12H13N3O2/c13-8-10-9-14-6-7-15(10)12(16)17-11-4-2-1-3-5-11/h1-5,10,14H,6-7,9H2. The van der Waals surface area contributed by atoms with E-state index in [2.05, 4.69) is 11.4 Å². The van der Waals surface area contributed by atoms with E-state index in [0.29, 0.717) is 25.4 Å². The van der Waals surface area contributed by atoms with Crippen LogP contribution in [0.2, 0.25) is 0 Å². The number of rotatable bonds is 1. The van der Waals surface area contributed by atoms with Gasteiger partial charge in [-0.3, -0.25) is 4.90 Å². The summed E-state index contributed by atoms with van der Waals surface area (Å²) in [5.41, 5.74) is 0. The van der Waals surface area contributed by atoms with Gasteiger partial charge in [0.15, 0.2) is 0 Å². The highest BCUT2D eigenvalue weighted by Gasteiger charge is 2.27. The first-order chi connectivity index (χ1) is 8.31. The van der Waals surface area contributed by atoms with Crippen LogP contribution < -0.4 is 10.1 Å². The third-order valence-electron chi connectivity index (χ3n) is 2.58. The average molecular weight is 231 g/mol. The Bertz CT molecular complexity index is 427. The van der Waals surface area contributed by atoms with Gasteiger partial charge >= 0.3 is 6.09 Å². The molecule has 2 rings (SSSR count). The molecule has 1 amide bonds. The van der Waals surface area contributed by atoms with Crippen molar-refractivity contribution in [2.75, 3.05) is 19.6 Å². The Morgan fingerprint density at radius 1 is 1.47 bits per heavy atom. The quantitative estimate of drug-likeness (QED) is 0.782. The molecule has 0 saturated carbocycles. The molecule has 5 heteroatoms. The SMILES string of the molecule is N#CC1CNCCN1C(=O)Oc1ccccc1. The van der Waals surface area contributed by atoms with Gasteiger partial charge in [0.2, 0.25) is 0 Å². The van der Waals surface area contributed by atoms with Crippen molar-refractivity contribution in [3.8, 4) is 11.8 Å². The van der Waals surface area contributed by atoms with Crippen LogP contribution in [0.4, 0.5) is 4.79 Å². The number of para-hydroxylation sites is 1. The van der Waals surface area contributed by atoms with Crippen molar-refractivity contribution in [2.45, 2.75) is 6.04 Å². The Morgan fingerprint density at radius 3 is 2.94 bits per heavy atom. The Morgan fingerprint density at radius 2 is 2.24 bits per heavy atom. The Hall–Kier alpha value is -2.06. The van der Waals surface area contributed by atoms with E-state index in [-0.39, 0.29) is 0 Å². The lowest BCUT2D eigenvalue weighted by atomic mass is 10.2. The zero-order valence-corrected chi connectivity index (χ0v) is 9.30. The summed E-state index contributed by atoms with van der Waals surface area (Å²) in [6, 6.07) is 10.5. The number of carbonyl (C=O) groups is 1. The largest absolute Gasteiger partial charge is 0.416 e. The first-order valence-corrected chi connectivity index (χ1v) is 5.45. The van der Waals surface area contributed by atoms with Gasteiger partial charge in [0, 0.05) is 19.6 Å². The molecule has 1 aliphatic heterocycles. The van der Waals surface area contributed by atoms with Crippen LogP contribution in [0.3, 0.4) is 0 Å². The van der Waals surface area contributed by atoms with Crippen LogP contribution in [0.25, 0.3) is 0 Å². The van der Waals surface area contributed by atoms with Gasteiger partial charge in [0.1, 0.15) is 11.8 Å². The van der Waals surface area contributed by atoms with Gasteiger partial charge in [0.05, 0.1) is 6.07 Å². The summed E-state index contributed by atoms with van der Waals surface area (Å²) >= 11 is 0. The lowest BCUT2D eigenvalue weighted by Crippen LogP contribution is -2.53. The molecule has 0 spiro atoms. The maximum absolute atomic E-state index is 11.9. The summed E-state index contributed by atoms with van der Waals surface area (Å²) in [4.78, 5) is 13.3. The summed E-state index contributed by atoms with van der Waals surface area (Å²) in [6.45, 7) is 1.66. The lowest BCUT2D eigenvalue weighted by Gasteiger charge is -2.30. The summed E-state index contributed by atoms with van der Waals surface area (Å²) in [5.74, 6) is 0.493. The van der Waals surface area contributed by atoms with E-state index in [1.54, 1.807) is 24.3 Å². The van der Waals surface area contributed by atoms with Crippen LogP contribution in [0.15, 0.2) is 30.3 Å². The van der Waals surface area contributed by atoms with Crippen LogP contribution in [-0.2, 0) is 0 Å². The second-order valence-electron chi connectivity index (χ2n) is 3.72. The molecule has 1 unspecified atom stereocenters. The number of hydrogen-bond acceptors (Lipinski definition) is 4. The van der Waals surface area contributed by atoms with E-state index < -0.39 is 12.1 Å². The number of nitrogens with one attached hydrogen (secondary N) is 1. The molecular formula is C12H13N3O2. The Labute approximate surface area is 99.6 Å². The second kappa shape index (κ2) is 5.32. The summed E-state index contributed by atoms with van der Waals surface area (Å²) in [5, 5.41) is 12.0. The highest BCUT2D eigenvalue weighted by Crippen LogP contribution is 2.12. The van der Waals surface area contributed by atoms with E-state index >= 15 is 0 Å². The van der Waals surface area contributed by atoms with Crippen molar-refractivity contribution in [3.63, 3.8) is 0 Å². The van der Waals surface area contributed by atoms with Crippen molar-refractivity contribution in [2.24, 2.45) is 0 Å². The van der Waals surface area contributed by atoms with Gasteiger partial charge in [-0.05, 0) is 12.1 Å². The average Bonchev–Trinajstić information content (AvgIpc) is 2.40. The third-order valence-corrected chi connectivity index (χ3v) is 2.58. The summed E-state index contributed by atoms with van der Waals surface area (Å²) < 4.78 is 5.19. The Balaban J connectivity index is 2.02. The van der Waals surface area contributed by atoms with Crippen molar-refractivity contribution in [1.82, 2.24) is 10.2 Å². The highest BCUT2D eigenvalue weighted by molar-refractivity contribution is 5.71. The lowest BCUT2D eigenvalue weighted by molar-refractivity contribution is 0.132. The van der Waals surface area contributed by atoms with Crippen molar-refractivity contribution >= 4 is 6.09 Å². The predicted molar refractivity (Wildman–Crippen MR) is 61.4 cm³/mol. The molecular weight excluding hydrogens is 218 g/mol. The van der Waals surface area contributed by atoms with Crippen LogP contribution in [0, 0.1) is 11.3 Å². The van der Waals surface area contributed by atoms with E-state index in [4.69, 9.17) is 10.00 Å². The van der Waals surface area contributed by atoms with Gasteiger partial charge in [-0.25, -0.2) is 4.79 Å². The number of benzene rings is 1. The van der Waals surface area contributed by atoms with Crippen molar-refractivity contribution < 1.29 is 9.53 Å². The van der Waals surface area contributed by atoms with E-state index in [0.717, 1.165) is 0 Å². The van der Waals surface area contributed by atoms with Crippen LogP contribution in [-0.4, -0.2) is 36.7 Å². The van der Waals surface area contributed by atoms with Crippen LogP contribution in [0.5, 0.6) is 5.75 Å². The van der Waals surface area contributed by atoms with Crippen molar-refractivity contribution in [3.05, 3.63) is 30.3 Å². The second-order valence-corrected chi connectivity index (χ2v) is 3.72. The van der Waals surface area contributed by atoms with Gasteiger partial charge in [-0.2, -0.15) is 5.26 Å². The minimum absolute atomic E-state index is 0.458. The smallest absolute Gasteiger partial charge is 0.410 e. The van der Waals surface area contributed by atoms with Gasteiger partial charge < -0.3 is 10.1 Å². The molecule has 0 aromatic heterocycles. The van der Waals surface area contributed by atoms with Crippen molar-refractivity contribution in [1.29, 1.82) is 5.26 Å². The van der Waals surface area contributed by atoms with E-state index in [1.165, 1.54) is 4.90 Å². The zero-order valence-electron chi connectivity index (χ0n) is 9.30.